The minimum Gasteiger partial charge on any atom is -0.290 e. The standard InChI is InChI=1S/C13H9ClF3N2O2.W/c1-2-18-10(13(15,16)17)7-11(20)19(12(18)21)9-5-3-8(14)4-6-9;/h3,5-7H,2H2,1H3;/q-1;. The number of hydrogen-bond donors (Lipinski definition) is 0. The van der Waals surface area contributed by atoms with Gasteiger partial charge in [0.15, 0.2) is 0 Å². The van der Waals surface area contributed by atoms with Crippen LogP contribution in [0.3, 0.4) is 0 Å². The van der Waals surface area contributed by atoms with Crippen molar-refractivity contribution in [2.24, 2.45) is 0 Å². The largest absolute Gasteiger partial charge is 0.431 e. The van der Waals surface area contributed by atoms with Gasteiger partial charge in [0, 0.05) is 33.7 Å². The predicted octanol–water partition coefficient (Wildman–Crippen LogP) is 2.49. The first-order valence-electron chi connectivity index (χ1n) is 5.87. The molecule has 0 spiro atoms. The second-order valence-electron chi connectivity index (χ2n) is 4.12. The third kappa shape index (κ3) is 3.52. The number of benzene rings is 1. The summed E-state index contributed by atoms with van der Waals surface area (Å²) in [5, 5.41) is 0.259. The molecule has 1 aromatic carbocycles. The molecule has 0 aliphatic heterocycles. The Kier molecular flexibility index (Phi) is 5.81. The zero-order valence-corrected chi connectivity index (χ0v) is 14.8. The maximum atomic E-state index is 12.9. The van der Waals surface area contributed by atoms with Gasteiger partial charge in [0.05, 0.1) is 0 Å². The number of aromatic nitrogens is 2. The van der Waals surface area contributed by atoms with Crippen molar-refractivity contribution in [2.75, 3.05) is 0 Å². The number of hydrogen-bond acceptors (Lipinski definition) is 2. The summed E-state index contributed by atoms with van der Waals surface area (Å²) < 4.78 is 39.7. The summed E-state index contributed by atoms with van der Waals surface area (Å²) in [6, 6.07) is 6.98. The van der Waals surface area contributed by atoms with Crippen LogP contribution in [-0.4, -0.2) is 9.13 Å². The summed E-state index contributed by atoms with van der Waals surface area (Å²) in [5.41, 5.74) is -3.29. The molecular weight excluding hydrogens is 492 g/mol. The van der Waals surface area contributed by atoms with Crippen LogP contribution in [0.5, 0.6) is 0 Å². The fraction of sp³-hybridized carbons (Fsp3) is 0.231. The molecule has 0 fully saturated rings. The molecule has 22 heavy (non-hydrogen) atoms. The molecule has 0 bridgehead atoms. The van der Waals surface area contributed by atoms with Crippen LogP contribution in [0.15, 0.2) is 33.9 Å². The quantitative estimate of drug-likeness (QED) is 0.594. The van der Waals surface area contributed by atoms with Gasteiger partial charge in [-0.15, -0.1) is 17.7 Å². The van der Waals surface area contributed by atoms with Gasteiger partial charge in [-0.25, -0.2) is 4.79 Å². The van der Waals surface area contributed by atoms with Gasteiger partial charge in [0.1, 0.15) is 5.69 Å². The van der Waals surface area contributed by atoms with E-state index in [4.69, 9.17) is 11.6 Å². The number of halogens is 4. The Morgan fingerprint density at radius 1 is 1.27 bits per heavy atom. The molecule has 0 radical (unpaired) electrons. The van der Waals surface area contributed by atoms with Crippen molar-refractivity contribution in [2.45, 2.75) is 19.6 Å². The smallest absolute Gasteiger partial charge is 0.290 e. The molecule has 0 amide bonds. The van der Waals surface area contributed by atoms with E-state index < -0.39 is 23.1 Å². The Hall–Kier alpha value is -1.33. The molecule has 0 saturated carbocycles. The van der Waals surface area contributed by atoms with Gasteiger partial charge in [-0.1, -0.05) is 10.7 Å². The van der Waals surface area contributed by atoms with E-state index in [1.165, 1.54) is 25.1 Å². The Morgan fingerprint density at radius 2 is 1.91 bits per heavy atom. The minimum absolute atomic E-state index is 0. The third-order valence-electron chi connectivity index (χ3n) is 2.82. The third-order valence-corrected chi connectivity index (χ3v) is 3.05. The zero-order chi connectivity index (χ0) is 15.8. The average Bonchev–Trinajstić information content (AvgIpc) is 2.39. The molecule has 0 saturated heterocycles. The van der Waals surface area contributed by atoms with Crippen LogP contribution in [0.4, 0.5) is 13.2 Å². The number of alkyl halides is 3. The van der Waals surface area contributed by atoms with Gasteiger partial charge in [0.2, 0.25) is 5.56 Å². The van der Waals surface area contributed by atoms with E-state index in [1.54, 1.807) is 0 Å². The summed E-state index contributed by atoms with van der Waals surface area (Å²) in [6.45, 7) is 1.17. The van der Waals surface area contributed by atoms with E-state index in [-0.39, 0.29) is 38.3 Å². The average molecular weight is 502 g/mol. The maximum absolute atomic E-state index is 12.9. The van der Waals surface area contributed by atoms with Gasteiger partial charge in [-0.05, 0) is 6.92 Å². The van der Waals surface area contributed by atoms with E-state index in [2.05, 4.69) is 6.07 Å². The first-order valence-corrected chi connectivity index (χ1v) is 6.25. The molecule has 2 rings (SSSR count). The van der Waals surface area contributed by atoms with Crippen molar-refractivity contribution in [1.29, 1.82) is 0 Å². The Bertz CT molecular complexity index is 782. The molecule has 9 heteroatoms. The van der Waals surface area contributed by atoms with Crippen molar-refractivity contribution in [1.82, 2.24) is 9.13 Å². The summed E-state index contributed by atoms with van der Waals surface area (Å²) in [7, 11) is 0. The van der Waals surface area contributed by atoms with Crippen molar-refractivity contribution in [3.05, 3.63) is 61.9 Å². The van der Waals surface area contributed by atoms with Crippen LogP contribution >= 0.6 is 11.6 Å². The molecule has 1 aromatic heterocycles. The molecule has 2 aromatic rings. The van der Waals surface area contributed by atoms with Crippen LogP contribution < -0.4 is 11.2 Å². The molecule has 0 aliphatic rings. The van der Waals surface area contributed by atoms with E-state index >= 15 is 0 Å². The van der Waals surface area contributed by atoms with E-state index in [0.717, 1.165) is 0 Å². The maximum Gasteiger partial charge on any atom is 0.431 e. The van der Waals surface area contributed by atoms with Crippen molar-refractivity contribution < 1.29 is 34.2 Å². The molecule has 0 atom stereocenters. The van der Waals surface area contributed by atoms with Gasteiger partial charge < -0.3 is 0 Å². The number of nitrogens with zero attached hydrogens (tertiary/aromatic N) is 2. The van der Waals surface area contributed by atoms with Gasteiger partial charge >= 0.3 is 11.9 Å². The van der Waals surface area contributed by atoms with Gasteiger partial charge in [-0.2, -0.15) is 31.4 Å². The molecule has 0 aliphatic carbocycles. The fourth-order valence-electron chi connectivity index (χ4n) is 1.89. The minimum atomic E-state index is -4.78. The first-order chi connectivity index (χ1) is 9.75. The van der Waals surface area contributed by atoms with Crippen LogP contribution in [0.25, 0.3) is 5.69 Å². The van der Waals surface area contributed by atoms with Crippen LogP contribution in [0.2, 0.25) is 5.02 Å². The molecule has 4 nitrogen and oxygen atoms in total. The summed E-state index contributed by atoms with van der Waals surface area (Å²) >= 11 is 5.65. The SMILES string of the molecule is CCn1c(C(F)(F)F)cc(=O)n(-c2c[c-]c(Cl)cc2)c1=O.[W]. The van der Waals surface area contributed by atoms with E-state index in [1.807, 2.05) is 0 Å². The first kappa shape index (κ1) is 18.7. The predicted molar refractivity (Wildman–Crippen MR) is 70.8 cm³/mol. The topological polar surface area (TPSA) is 44.0 Å². The van der Waals surface area contributed by atoms with E-state index in [9.17, 15) is 22.8 Å². The summed E-state index contributed by atoms with van der Waals surface area (Å²) in [4.78, 5) is 24.0. The van der Waals surface area contributed by atoms with Crippen LogP contribution in [0.1, 0.15) is 12.6 Å². The zero-order valence-electron chi connectivity index (χ0n) is 11.1. The molecule has 118 valence electrons. The van der Waals surface area contributed by atoms with Crippen molar-refractivity contribution in [3.8, 4) is 5.69 Å². The summed E-state index contributed by atoms with van der Waals surface area (Å²) in [5.74, 6) is 0. The molecule has 1 heterocycles. The molecule has 0 N–H and O–H groups in total. The Labute approximate surface area is 142 Å². The van der Waals surface area contributed by atoms with Gasteiger partial charge in [-0.3, -0.25) is 13.9 Å². The van der Waals surface area contributed by atoms with Crippen LogP contribution in [0, 0.1) is 6.07 Å². The Balaban J connectivity index is 0.00000242. The second kappa shape index (κ2) is 6.83. The molecular formula is C13H9ClF3N2O2W-. The van der Waals surface area contributed by atoms with Crippen LogP contribution in [-0.2, 0) is 33.8 Å². The Morgan fingerprint density at radius 3 is 2.36 bits per heavy atom. The summed E-state index contributed by atoms with van der Waals surface area (Å²) in [6.07, 6.45) is -4.78. The van der Waals surface area contributed by atoms with Gasteiger partial charge in [0.25, 0.3) is 0 Å². The fourth-order valence-corrected chi connectivity index (χ4v) is 2.01. The second-order valence-corrected chi connectivity index (χ2v) is 4.53. The van der Waals surface area contributed by atoms with Crippen molar-refractivity contribution in [3.63, 3.8) is 0 Å². The van der Waals surface area contributed by atoms with Crippen molar-refractivity contribution >= 4 is 11.6 Å². The number of rotatable bonds is 2. The monoisotopic (exact) mass is 501 g/mol. The normalized spacial score (nSPS) is 11.1. The van der Waals surface area contributed by atoms with E-state index in [0.29, 0.717) is 15.2 Å². The molecule has 0 unspecified atom stereocenters.